The molecule has 0 radical (unpaired) electrons. The molecule has 0 aliphatic carbocycles. The smallest absolute Gasteiger partial charge is 0.229 e. The summed E-state index contributed by atoms with van der Waals surface area (Å²) in [7, 11) is 0. The van der Waals surface area contributed by atoms with E-state index in [2.05, 4.69) is 28.2 Å². The fourth-order valence-corrected chi connectivity index (χ4v) is 3.19. The SMILES string of the molecule is Cc1cc(N2CCCC(C)C2)nc(Nc2cc(Cl)ccc2C)n1. The Labute approximate surface area is 142 Å². The number of nitrogens with zero attached hydrogens (tertiary/aromatic N) is 3. The van der Waals surface area contributed by atoms with Crippen molar-refractivity contribution in [2.75, 3.05) is 23.3 Å². The Kier molecular flexibility index (Phi) is 4.71. The molecule has 1 unspecified atom stereocenters. The van der Waals surface area contributed by atoms with Crippen LogP contribution in [0.1, 0.15) is 31.0 Å². The highest BCUT2D eigenvalue weighted by atomic mass is 35.5. The van der Waals surface area contributed by atoms with E-state index in [0.717, 1.165) is 35.9 Å². The summed E-state index contributed by atoms with van der Waals surface area (Å²) in [6, 6.07) is 7.85. The Morgan fingerprint density at radius 3 is 2.83 bits per heavy atom. The van der Waals surface area contributed by atoms with Gasteiger partial charge in [0.15, 0.2) is 0 Å². The van der Waals surface area contributed by atoms with Gasteiger partial charge in [0.2, 0.25) is 5.95 Å². The van der Waals surface area contributed by atoms with Crippen LogP contribution in [0.2, 0.25) is 5.02 Å². The van der Waals surface area contributed by atoms with Gasteiger partial charge in [-0.05, 0) is 50.3 Å². The largest absolute Gasteiger partial charge is 0.356 e. The lowest BCUT2D eigenvalue weighted by Gasteiger charge is -2.32. The van der Waals surface area contributed by atoms with Crippen molar-refractivity contribution < 1.29 is 0 Å². The maximum Gasteiger partial charge on any atom is 0.229 e. The molecule has 1 aliphatic rings. The molecule has 5 heteroatoms. The number of benzene rings is 1. The normalized spacial score (nSPS) is 18.1. The molecule has 1 fully saturated rings. The number of hydrogen-bond acceptors (Lipinski definition) is 4. The molecule has 0 amide bonds. The van der Waals surface area contributed by atoms with E-state index >= 15 is 0 Å². The number of aromatic nitrogens is 2. The van der Waals surface area contributed by atoms with Gasteiger partial charge in [0.1, 0.15) is 5.82 Å². The van der Waals surface area contributed by atoms with Crippen molar-refractivity contribution in [3.63, 3.8) is 0 Å². The third kappa shape index (κ3) is 3.94. The van der Waals surface area contributed by atoms with Crippen LogP contribution < -0.4 is 10.2 Å². The molecule has 1 aliphatic heterocycles. The maximum atomic E-state index is 6.09. The molecule has 1 aromatic heterocycles. The van der Waals surface area contributed by atoms with E-state index in [1.807, 2.05) is 32.0 Å². The molecule has 23 heavy (non-hydrogen) atoms. The van der Waals surface area contributed by atoms with Crippen LogP contribution in [0.5, 0.6) is 0 Å². The van der Waals surface area contributed by atoms with Crippen LogP contribution in [0.15, 0.2) is 24.3 Å². The summed E-state index contributed by atoms with van der Waals surface area (Å²) in [4.78, 5) is 11.6. The zero-order valence-electron chi connectivity index (χ0n) is 13.9. The second-order valence-electron chi connectivity index (χ2n) is 6.47. The third-order valence-corrected chi connectivity index (χ3v) is 4.50. The topological polar surface area (TPSA) is 41.1 Å². The van der Waals surface area contributed by atoms with Gasteiger partial charge in [0.05, 0.1) is 0 Å². The maximum absolute atomic E-state index is 6.09. The number of aryl methyl sites for hydroxylation is 2. The van der Waals surface area contributed by atoms with Crippen LogP contribution in [0.3, 0.4) is 0 Å². The molecule has 2 heterocycles. The van der Waals surface area contributed by atoms with Gasteiger partial charge in [0.25, 0.3) is 0 Å². The first-order valence-corrected chi connectivity index (χ1v) is 8.53. The lowest BCUT2D eigenvalue weighted by atomic mass is 10.0. The second kappa shape index (κ2) is 6.75. The van der Waals surface area contributed by atoms with Gasteiger partial charge < -0.3 is 10.2 Å². The van der Waals surface area contributed by atoms with Gasteiger partial charge >= 0.3 is 0 Å². The van der Waals surface area contributed by atoms with Gasteiger partial charge in [-0.1, -0.05) is 24.6 Å². The zero-order chi connectivity index (χ0) is 16.4. The summed E-state index contributed by atoms with van der Waals surface area (Å²) in [6.45, 7) is 8.48. The highest BCUT2D eigenvalue weighted by Gasteiger charge is 2.18. The molecule has 4 nitrogen and oxygen atoms in total. The van der Waals surface area contributed by atoms with E-state index in [-0.39, 0.29) is 0 Å². The molecule has 1 aromatic carbocycles. The van der Waals surface area contributed by atoms with Gasteiger partial charge in [0, 0.05) is 35.6 Å². The van der Waals surface area contributed by atoms with Crippen molar-refractivity contribution in [3.05, 3.63) is 40.5 Å². The molecule has 0 bridgehead atoms. The van der Waals surface area contributed by atoms with Crippen LogP contribution in [-0.2, 0) is 0 Å². The lowest BCUT2D eigenvalue weighted by molar-refractivity contribution is 0.444. The number of halogens is 1. The molecule has 2 aromatic rings. The van der Waals surface area contributed by atoms with Gasteiger partial charge in [-0.15, -0.1) is 0 Å². The Balaban J connectivity index is 1.87. The van der Waals surface area contributed by atoms with E-state index in [1.165, 1.54) is 12.8 Å². The molecule has 3 rings (SSSR count). The molecule has 1 saturated heterocycles. The zero-order valence-corrected chi connectivity index (χ0v) is 14.7. The van der Waals surface area contributed by atoms with Crippen LogP contribution in [-0.4, -0.2) is 23.1 Å². The van der Waals surface area contributed by atoms with E-state index in [1.54, 1.807) is 0 Å². The van der Waals surface area contributed by atoms with E-state index in [0.29, 0.717) is 16.9 Å². The van der Waals surface area contributed by atoms with Gasteiger partial charge in [-0.2, -0.15) is 4.98 Å². The number of rotatable bonds is 3. The highest BCUT2D eigenvalue weighted by molar-refractivity contribution is 6.30. The van der Waals surface area contributed by atoms with Crippen molar-refractivity contribution in [3.8, 4) is 0 Å². The van der Waals surface area contributed by atoms with Crippen LogP contribution >= 0.6 is 11.6 Å². The van der Waals surface area contributed by atoms with Crippen LogP contribution in [0.25, 0.3) is 0 Å². The Morgan fingerprint density at radius 1 is 1.22 bits per heavy atom. The average molecular weight is 331 g/mol. The molecule has 1 N–H and O–H groups in total. The van der Waals surface area contributed by atoms with Crippen LogP contribution in [0, 0.1) is 19.8 Å². The number of hydrogen-bond donors (Lipinski definition) is 1. The lowest BCUT2D eigenvalue weighted by Crippen LogP contribution is -2.35. The molecule has 1 atom stereocenters. The number of piperidine rings is 1. The summed E-state index contributed by atoms with van der Waals surface area (Å²) in [5.41, 5.74) is 3.03. The number of anilines is 3. The van der Waals surface area contributed by atoms with E-state index in [4.69, 9.17) is 16.6 Å². The monoisotopic (exact) mass is 330 g/mol. The summed E-state index contributed by atoms with van der Waals surface area (Å²) >= 11 is 6.09. The van der Waals surface area contributed by atoms with Crippen molar-refractivity contribution in [1.82, 2.24) is 9.97 Å². The van der Waals surface area contributed by atoms with Crippen molar-refractivity contribution in [2.45, 2.75) is 33.6 Å². The number of nitrogens with one attached hydrogen (secondary N) is 1. The van der Waals surface area contributed by atoms with Crippen LogP contribution in [0.4, 0.5) is 17.5 Å². The standard InChI is InChI=1S/C18H23ClN4/c1-12-5-4-8-23(11-12)17-9-14(3)20-18(22-17)21-16-10-15(19)7-6-13(16)2/h6-7,9-10,12H,4-5,8,11H2,1-3H3,(H,20,21,22). The van der Waals surface area contributed by atoms with Crippen molar-refractivity contribution in [2.24, 2.45) is 5.92 Å². The first-order chi connectivity index (χ1) is 11.0. The molecule has 0 saturated carbocycles. The minimum atomic E-state index is 0.628. The third-order valence-electron chi connectivity index (χ3n) is 4.27. The first-order valence-electron chi connectivity index (χ1n) is 8.15. The van der Waals surface area contributed by atoms with E-state index < -0.39 is 0 Å². The molecule has 0 spiro atoms. The van der Waals surface area contributed by atoms with Crippen molar-refractivity contribution in [1.29, 1.82) is 0 Å². The predicted molar refractivity (Wildman–Crippen MR) is 96.9 cm³/mol. The fourth-order valence-electron chi connectivity index (χ4n) is 3.02. The second-order valence-corrected chi connectivity index (χ2v) is 6.91. The summed E-state index contributed by atoms with van der Waals surface area (Å²) < 4.78 is 0. The highest BCUT2D eigenvalue weighted by Crippen LogP contribution is 2.26. The summed E-state index contributed by atoms with van der Waals surface area (Å²) in [5.74, 6) is 2.35. The van der Waals surface area contributed by atoms with Crippen molar-refractivity contribution >= 4 is 29.1 Å². The minimum Gasteiger partial charge on any atom is -0.356 e. The minimum absolute atomic E-state index is 0.628. The quantitative estimate of drug-likeness (QED) is 0.883. The predicted octanol–water partition coefficient (Wildman–Crippen LogP) is 4.73. The Hall–Kier alpha value is -1.81. The summed E-state index contributed by atoms with van der Waals surface area (Å²) in [6.07, 6.45) is 2.52. The summed E-state index contributed by atoms with van der Waals surface area (Å²) in [5, 5.41) is 4.02. The average Bonchev–Trinajstić information content (AvgIpc) is 2.50. The molecular formula is C18H23ClN4. The Morgan fingerprint density at radius 2 is 2.04 bits per heavy atom. The molecule has 122 valence electrons. The Bertz CT molecular complexity index is 701. The molecular weight excluding hydrogens is 308 g/mol. The van der Waals surface area contributed by atoms with Gasteiger partial charge in [-0.25, -0.2) is 4.98 Å². The first kappa shape index (κ1) is 16.1. The fraction of sp³-hybridized carbons (Fsp3) is 0.444. The van der Waals surface area contributed by atoms with Gasteiger partial charge in [-0.3, -0.25) is 0 Å². The van der Waals surface area contributed by atoms with E-state index in [9.17, 15) is 0 Å².